The molecule has 1 saturated heterocycles. The second-order valence-corrected chi connectivity index (χ2v) is 8.95. The number of hydrogen-bond acceptors (Lipinski definition) is 8. The lowest BCUT2D eigenvalue weighted by molar-refractivity contribution is -0.140. The van der Waals surface area contributed by atoms with Crippen molar-refractivity contribution in [3.05, 3.63) is 59.1 Å². The van der Waals surface area contributed by atoms with Crippen molar-refractivity contribution in [2.45, 2.75) is 26.8 Å². The zero-order valence-corrected chi connectivity index (χ0v) is 22.6. The van der Waals surface area contributed by atoms with Gasteiger partial charge in [0.15, 0.2) is 17.3 Å². The summed E-state index contributed by atoms with van der Waals surface area (Å²) in [6.07, 6.45) is 1.76. The van der Waals surface area contributed by atoms with Gasteiger partial charge in [0.1, 0.15) is 11.3 Å². The predicted octanol–water partition coefficient (Wildman–Crippen LogP) is 3.43. The van der Waals surface area contributed by atoms with Crippen LogP contribution in [-0.4, -0.2) is 83.5 Å². The fourth-order valence-corrected chi connectivity index (χ4v) is 5.03. The summed E-state index contributed by atoms with van der Waals surface area (Å²) in [6, 6.07) is 7.99. The zero-order valence-electron chi connectivity index (χ0n) is 22.6. The van der Waals surface area contributed by atoms with Crippen molar-refractivity contribution in [1.82, 2.24) is 19.2 Å². The van der Waals surface area contributed by atoms with Crippen LogP contribution in [0.2, 0.25) is 0 Å². The van der Waals surface area contributed by atoms with Gasteiger partial charge in [0, 0.05) is 19.3 Å². The van der Waals surface area contributed by atoms with Gasteiger partial charge >= 0.3 is 0 Å². The quantitative estimate of drug-likeness (QED) is 0.245. The number of pyridine rings is 1. The number of likely N-dealkylation sites (N-methyl/N-ethyl adjacent to an activating group) is 1. The molecule has 1 aliphatic rings. The van der Waals surface area contributed by atoms with Gasteiger partial charge in [-0.1, -0.05) is 19.9 Å². The Labute approximate surface area is 222 Å². The van der Waals surface area contributed by atoms with E-state index in [1.807, 2.05) is 32.0 Å². The van der Waals surface area contributed by atoms with E-state index >= 15 is 0 Å². The van der Waals surface area contributed by atoms with Crippen LogP contribution in [0.3, 0.4) is 0 Å². The first-order valence-corrected chi connectivity index (χ1v) is 12.6. The molecule has 1 fully saturated rings. The summed E-state index contributed by atoms with van der Waals surface area (Å²) in [7, 11) is 4.50. The molecule has 2 aromatic heterocycles. The molecule has 1 atom stereocenters. The SMILES string of the molecule is CCN(CC)CCN1C(=O)C(=O)/C(=C(/O)c2c(C)nc3ccccn23)C1c1cc(OC)c(OC)c(OC)c1. The van der Waals surface area contributed by atoms with Gasteiger partial charge in [0.2, 0.25) is 5.75 Å². The topological polar surface area (TPSA) is 106 Å². The average molecular weight is 523 g/mol. The minimum atomic E-state index is -0.882. The number of aromatic nitrogens is 2. The minimum absolute atomic E-state index is 0.0161. The number of fused-ring (bicyclic) bond motifs is 1. The maximum absolute atomic E-state index is 13.6. The van der Waals surface area contributed by atoms with E-state index in [0.29, 0.717) is 46.4 Å². The number of hydrogen-bond donors (Lipinski definition) is 1. The van der Waals surface area contributed by atoms with Gasteiger partial charge in [-0.25, -0.2) is 4.98 Å². The first-order valence-electron chi connectivity index (χ1n) is 12.6. The van der Waals surface area contributed by atoms with Crippen molar-refractivity contribution in [3.8, 4) is 17.2 Å². The van der Waals surface area contributed by atoms with Crippen molar-refractivity contribution in [2.24, 2.45) is 0 Å². The highest BCUT2D eigenvalue weighted by molar-refractivity contribution is 6.46. The molecule has 1 aromatic carbocycles. The first-order chi connectivity index (χ1) is 18.3. The van der Waals surface area contributed by atoms with E-state index in [4.69, 9.17) is 14.2 Å². The Morgan fingerprint density at radius 2 is 1.71 bits per heavy atom. The monoisotopic (exact) mass is 522 g/mol. The van der Waals surface area contributed by atoms with Gasteiger partial charge < -0.3 is 29.1 Å². The van der Waals surface area contributed by atoms with E-state index in [2.05, 4.69) is 9.88 Å². The lowest BCUT2D eigenvalue weighted by Crippen LogP contribution is -2.38. The summed E-state index contributed by atoms with van der Waals surface area (Å²) in [4.78, 5) is 35.2. The minimum Gasteiger partial charge on any atom is -0.505 e. The Hall–Kier alpha value is -4.05. The molecule has 1 amide bonds. The molecule has 1 aliphatic heterocycles. The van der Waals surface area contributed by atoms with Crippen molar-refractivity contribution >= 4 is 23.1 Å². The predicted molar refractivity (Wildman–Crippen MR) is 143 cm³/mol. The Kier molecular flexibility index (Phi) is 7.91. The standard InChI is InChI=1S/C28H34N4O6/c1-7-30(8-2)13-14-32-24(18-15-19(36-4)27(38-6)20(16-18)37-5)22(26(34)28(32)35)25(33)23-17(3)29-21-11-9-10-12-31(21)23/h9-12,15-16,24,33H,7-8,13-14H2,1-6H3/b25-22+. The molecule has 202 valence electrons. The summed E-state index contributed by atoms with van der Waals surface area (Å²) >= 11 is 0. The molecule has 38 heavy (non-hydrogen) atoms. The number of rotatable bonds is 10. The Morgan fingerprint density at radius 1 is 1.05 bits per heavy atom. The normalized spacial score (nSPS) is 17.0. The van der Waals surface area contributed by atoms with Crippen LogP contribution < -0.4 is 14.2 Å². The fourth-order valence-electron chi connectivity index (χ4n) is 5.03. The van der Waals surface area contributed by atoms with Gasteiger partial charge in [0.25, 0.3) is 11.7 Å². The van der Waals surface area contributed by atoms with Crippen LogP contribution in [0, 0.1) is 6.92 Å². The number of ketones is 1. The third-order valence-electron chi connectivity index (χ3n) is 7.02. The fraction of sp³-hybridized carbons (Fsp3) is 0.393. The number of aliphatic hydroxyl groups excluding tert-OH is 1. The third kappa shape index (κ3) is 4.56. The van der Waals surface area contributed by atoms with E-state index in [1.165, 1.54) is 26.2 Å². The van der Waals surface area contributed by atoms with E-state index in [-0.39, 0.29) is 17.9 Å². The number of imidazole rings is 1. The van der Waals surface area contributed by atoms with Crippen LogP contribution in [0.25, 0.3) is 11.4 Å². The number of Topliss-reactive ketones (excluding diaryl/α,β-unsaturated/α-hetero) is 1. The Balaban J connectivity index is 1.96. The molecular formula is C28H34N4O6. The highest BCUT2D eigenvalue weighted by Crippen LogP contribution is 2.45. The molecule has 0 aliphatic carbocycles. The molecule has 3 heterocycles. The summed E-state index contributed by atoms with van der Waals surface area (Å²) in [5.74, 6) is -0.584. The van der Waals surface area contributed by atoms with Gasteiger partial charge in [0.05, 0.1) is 38.6 Å². The molecule has 3 aromatic rings. The largest absolute Gasteiger partial charge is 0.505 e. The number of amides is 1. The Bertz CT molecular complexity index is 1370. The number of aryl methyl sites for hydroxylation is 1. The number of aliphatic hydroxyl groups is 1. The van der Waals surface area contributed by atoms with Gasteiger partial charge in [-0.2, -0.15) is 0 Å². The summed E-state index contributed by atoms with van der Waals surface area (Å²) in [5.41, 5.74) is 2.04. The van der Waals surface area contributed by atoms with Crippen LogP contribution in [0.4, 0.5) is 0 Å². The van der Waals surface area contributed by atoms with Crippen molar-refractivity contribution in [2.75, 3.05) is 47.5 Å². The third-order valence-corrected chi connectivity index (χ3v) is 7.02. The number of carbonyl (C=O) groups excluding carboxylic acids is 2. The van der Waals surface area contributed by atoms with E-state index in [1.54, 1.807) is 29.7 Å². The molecule has 1 N–H and O–H groups in total. The highest BCUT2D eigenvalue weighted by Gasteiger charge is 2.47. The van der Waals surface area contributed by atoms with Crippen LogP contribution in [-0.2, 0) is 9.59 Å². The lowest BCUT2D eigenvalue weighted by Gasteiger charge is -2.29. The molecular weight excluding hydrogens is 488 g/mol. The van der Waals surface area contributed by atoms with Gasteiger partial charge in [-0.05, 0) is 49.8 Å². The number of benzene rings is 1. The highest BCUT2D eigenvalue weighted by atomic mass is 16.5. The maximum Gasteiger partial charge on any atom is 0.295 e. The van der Waals surface area contributed by atoms with Crippen LogP contribution in [0.15, 0.2) is 42.1 Å². The van der Waals surface area contributed by atoms with E-state index in [0.717, 1.165) is 13.1 Å². The van der Waals surface area contributed by atoms with Crippen molar-refractivity contribution < 1.29 is 28.9 Å². The van der Waals surface area contributed by atoms with Crippen molar-refractivity contribution in [1.29, 1.82) is 0 Å². The van der Waals surface area contributed by atoms with Crippen molar-refractivity contribution in [3.63, 3.8) is 0 Å². The van der Waals surface area contributed by atoms with Gasteiger partial charge in [-0.15, -0.1) is 0 Å². The van der Waals surface area contributed by atoms with Gasteiger partial charge in [-0.3, -0.25) is 14.0 Å². The second-order valence-electron chi connectivity index (χ2n) is 8.95. The number of nitrogens with zero attached hydrogens (tertiary/aromatic N) is 4. The first kappa shape index (κ1) is 27.0. The summed E-state index contributed by atoms with van der Waals surface area (Å²) in [6.45, 7) is 8.30. The lowest BCUT2D eigenvalue weighted by atomic mass is 9.95. The number of methoxy groups -OCH3 is 3. The maximum atomic E-state index is 13.6. The molecule has 10 heteroatoms. The Morgan fingerprint density at radius 3 is 2.29 bits per heavy atom. The smallest absolute Gasteiger partial charge is 0.295 e. The van der Waals surface area contributed by atoms with Crippen LogP contribution in [0.5, 0.6) is 17.2 Å². The van der Waals surface area contributed by atoms with E-state index in [9.17, 15) is 14.7 Å². The van der Waals surface area contributed by atoms with E-state index < -0.39 is 17.7 Å². The molecule has 10 nitrogen and oxygen atoms in total. The molecule has 0 bridgehead atoms. The molecule has 0 saturated carbocycles. The molecule has 1 unspecified atom stereocenters. The summed E-state index contributed by atoms with van der Waals surface area (Å²) in [5, 5.41) is 11.7. The zero-order chi connectivity index (χ0) is 27.6. The molecule has 0 radical (unpaired) electrons. The van der Waals surface area contributed by atoms with Crippen LogP contribution in [0.1, 0.15) is 36.8 Å². The summed E-state index contributed by atoms with van der Waals surface area (Å²) < 4.78 is 18.3. The number of carbonyl (C=O) groups is 2. The molecule has 0 spiro atoms. The second kappa shape index (κ2) is 11.1. The van der Waals surface area contributed by atoms with Crippen LogP contribution >= 0.6 is 0 Å². The molecule has 4 rings (SSSR count). The average Bonchev–Trinajstić information content (AvgIpc) is 3.40. The number of ether oxygens (including phenoxy) is 3. The number of likely N-dealkylation sites (tertiary alicyclic amines) is 1.